The van der Waals surface area contributed by atoms with Crippen molar-refractivity contribution in [2.75, 3.05) is 42.1 Å². The third-order valence-electron chi connectivity index (χ3n) is 8.13. The predicted octanol–water partition coefficient (Wildman–Crippen LogP) is 6.19. The number of amides is 1. The standard InChI is InChI=1S/C30H29F3N6O4.CHNS/c31-30(32,33)18-5-8-25(26(15-18)39(41)42)38-12-10-37(11-13-38)17-27-21(9-14-43-27)29(40)35-19-6-7-24-22(16-19)28(34)20-3-1-2-4-23(20)36-24;2-1-3/h5-9,14-16H,1-4,10-13,17H2,(H2,34,36)(H,35,40);3H. The maximum Gasteiger partial charge on any atom is 0.416 e. The lowest BCUT2D eigenvalue weighted by atomic mass is 9.93. The molecule has 6 rings (SSSR count). The zero-order chi connectivity index (χ0) is 33.0. The van der Waals surface area contributed by atoms with E-state index in [0.29, 0.717) is 61.5 Å². The van der Waals surface area contributed by atoms with Gasteiger partial charge in [0.05, 0.1) is 34.4 Å². The Morgan fingerprint density at radius 2 is 1.85 bits per heavy atom. The molecule has 3 N–H and O–H groups in total. The third kappa shape index (κ3) is 7.03. The molecule has 0 saturated carbocycles. The van der Waals surface area contributed by atoms with Gasteiger partial charge >= 0.3 is 6.18 Å². The third-order valence-corrected chi connectivity index (χ3v) is 8.13. The number of nitrogens with one attached hydrogen (secondary N) is 1. The molecule has 15 heteroatoms. The number of nitrogen functional groups attached to an aromatic ring is 1. The number of nitrogens with zero attached hydrogens (tertiary/aromatic N) is 5. The number of nitriles is 1. The smallest absolute Gasteiger partial charge is 0.416 e. The van der Waals surface area contributed by atoms with Crippen LogP contribution in [0, 0.1) is 20.8 Å². The van der Waals surface area contributed by atoms with Crippen molar-refractivity contribution in [3.63, 3.8) is 0 Å². The number of furan rings is 1. The molecule has 3 heterocycles. The van der Waals surface area contributed by atoms with Crippen LogP contribution >= 0.6 is 12.6 Å². The molecule has 1 saturated heterocycles. The van der Waals surface area contributed by atoms with Crippen LogP contribution in [0.15, 0.2) is 53.1 Å². The number of fused-ring (bicyclic) bond motifs is 2. The summed E-state index contributed by atoms with van der Waals surface area (Å²) in [5, 5.41) is 23.9. The highest BCUT2D eigenvalue weighted by atomic mass is 32.1. The molecule has 0 radical (unpaired) electrons. The molecule has 0 unspecified atom stereocenters. The summed E-state index contributed by atoms with van der Waals surface area (Å²) in [5.41, 5.74) is 9.59. The molecule has 0 atom stereocenters. The predicted molar refractivity (Wildman–Crippen MR) is 170 cm³/mol. The molecule has 240 valence electrons. The van der Waals surface area contributed by atoms with Gasteiger partial charge in [-0.1, -0.05) is 12.6 Å². The minimum atomic E-state index is -4.67. The number of anilines is 3. The fraction of sp³-hybridized carbons (Fsp3) is 0.323. The number of nitrogens with two attached hydrogens (primary N) is 1. The van der Waals surface area contributed by atoms with Crippen molar-refractivity contribution in [1.29, 1.82) is 5.26 Å². The molecule has 2 aromatic carbocycles. The van der Waals surface area contributed by atoms with Crippen LogP contribution in [0.1, 0.15) is 45.8 Å². The number of aryl methyl sites for hydroxylation is 1. The molecular formula is C31H30F3N7O4S. The van der Waals surface area contributed by atoms with Gasteiger partial charge in [0.2, 0.25) is 0 Å². The second-order valence-corrected chi connectivity index (χ2v) is 11.1. The molecule has 1 aliphatic heterocycles. The summed E-state index contributed by atoms with van der Waals surface area (Å²) in [6, 6.07) is 9.66. The van der Waals surface area contributed by atoms with E-state index in [2.05, 4.69) is 17.9 Å². The Labute approximate surface area is 267 Å². The Morgan fingerprint density at radius 1 is 1.13 bits per heavy atom. The minimum Gasteiger partial charge on any atom is -0.467 e. The molecule has 0 bridgehead atoms. The van der Waals surface area contributed by atoms with Crippen LogP contribution in [0.4, 0.5) is 35.9 Å². The first-order valence-corrected chi connectivity index (χ1v) is 14.9. The Kier molecular flexibility index (Phi) is 9.68. The largest absolute Gasteiger partial charge is 0.467 e. The average molecular weight is 654 g/mol. The number of alkyl halides is 3. The van der Waals surface area contributed by atoms with E-state index in [-0.39, 0.29) is 11.6 Å². The van der Waals surface area contributed by atoms with E-state index in [9.17, 15) is 28.1 Å². The quantitative estimate of drug-likeness (QED) is 0.0957. The lowest BCUT2D eigenvalue weighted by Crippen LogP contribution is -2.46. The fourth-order valence-corrected chi connectivity index (χ4v) is 5.87. The van der Waals surface area contributed by atoms with Crippen LogP contribution in [0.3, 0.4) is 0 Å². The van der Waals surface area contributed by atoms with Crippen molar-refractivity contribution in [2.24, 2.45) is 0 Å². The van der Waals surface area contributed by atoms with Gasteiger partial charge in [-0.3, -0.25) is 24.8 Å². The molecule has 2 aromatic heterocycles. The van der Waals surface area contributed by atoms with Gasteiger partial charge in [-0.05, 0) is 67.6 Å². The summed E-state index contributed by atoms with van der Waals surface area (Å²) in [7, 11) is 0. The van der Waals surface area contributed by atoms with E-state index in [4.69, 9.17) is 20.4 Å². The van der Waals surface area contributed by atoms with Gasteiger partial charge in [-0.15, -0.1) is 0 Å². The zero-order valence-corrected chi connectivity index (χ0v) is 25.4. The van der Waals surface area contributed by atoms with Gasteiger partial charge in [0.1, 0.15) is 16.8 Å². The van der Waals surface area contributed by atoms with E-state index >= 15 is 0 Å². The second kappa shape index (κ2) is 13.7. The summed E-state index contributed by atoms with van der Waals surface area (Å²) in [6.45, 7) is 1.94. The first-order chi connectivity index (χ1) is 22.0. The SMILES string of the molecule is N#CS.Nc1c2c(nc3ccc(NC(=O)c4ccoc4CN4CCN(c5ccc(C(F)(F)F)cc5[N+](=O)[O-])CC4)cc13)CCCC2. The number of piperazine rings is 1. The Bertz CT molecular complexity index is 1810. The van der Waals surface area contributed by atoms with E-state index in [1.807, 2.05) is 17.0 Å². The van der Waals surface area contributed by atoms with E-state index < -0.39 is 22.4 Å². The number of thiol groups is 1. The number of benzene rings is 2. The molecule has 1 aliphatic carbocycles. The highest BCUT2D eigenvalue weighted by molar-refractivity contribution is 7.85. The molecule has 1 fully saturated rings. The van der Waals surface area contributed by atoms with Crippen molar-refractivity contribution in [2.45, 2.75) is 38.4 Å². The number of pyridine rings is 1. The summed E-state index contributed by atoms with van der Waals surface area (Å²) >= 11 is 3.09. The van der Waals surface area contributed by atoms with Crippen LogP contribution in [-0.4, -0.2) is 46.9 Å². The number of hydrogen-bond donors (Lipinski definition) is 3. The average Bonchev–Trinajstić information content (AvgIpc) is 3.50. The van der Waals surface area contributed by atoms with Crippen LogP contribution < -0.4 is 16.0 Å². The Balaban J connectivity index is 0.00000134. The highest BCUT2D eigenvalue weighted by Gasteiger charge is 2.34. The first kappa shape index (κ1) is 32.6. The number of carbonyl (C=O) groups is 1. The first-order valence-electron chi connectivity index (χ1n) is 14.4. The number of nitro benzene ring substituents is 1. The van der Waals surface area contributed by atoms with E-state index in [0.717, 1.165) is 60.0 Å². The second-order valence-electron chi connectivity index (χ2n) is 10.9. The van der Waals surface area contributed by atoms with Crippen LogP contribution in [0.5, 0.6) is 0 Å². The van der Waals surface area contributed by atoms with E-state index in [1.165, 1.54) is 11.7 Å². The number of aromatic nitrogens is 1. The van der Waals surface area contributed by atoms with Crippen molar-refractivity contribution in [3.8, 4) is 5.40 Å². The summed E-state index contributed by atoms with van der Waals surface area (Å²) in [4.78, 5) is 32.5. The zero-order valence-electron chi connectivity index (χ0n) is 24.5. The number of hydrogen-bond acceptors (Lipinski definition) is 10. The molecule has 11 nitrogen and oxygen atoms in total. The lowest BCUT2D eigenvalue weighted by molar-refractivity contribution is -0.384. The monoisotopic (exact) mass is 653 g/mol. The van der Waals surface area contributed by atoms with Crippen molar-refractivity contribution >= 4 is 52.2 Å². The Morgan fingerprint density at radius 3 is 2.54 bits per heavy atom. The maximum atomic E-state index is 13.2. The number of carbonyl (C=O) groups excluding carboxylic acids is 1. The number of nitro groups is 1. The van der Waals surface area contributed by atoms with Gasteiger partial charge in [-0.25, -0.2) is 0 Å². The van der Waals surface area contributed by atoms with Gasteiger partial charge in [0.15, 0.2) is 0 Å². The molecule has 2 aliphatic rings. The van der Waals surface area contributed by atoms with Gasteiger partial charge in [0, 0.05) is 54.7 Å². The fourth-order valence-electron chi connectivity index (χ4n) is 5.87. The number of rotatable bonds is 6. The van der Waals surface area contributed by atoms with Crippen LogP contribution in [0.25, 0.3) is 10.9 Å². The lowest BCUT2D eigenvalue weighted by Gasteiger charge is -2.35. The van der Waals surface area contributed by atoms with E-state index in [1.54, 1.807) is 17.0 Å². The summed E-state index contributed by atoms with van der Waals surface area (Å²) in [5.74, 6) is 0.120. The summed E-state index contributed by atoms with van der Waals surface area (Å²) in [6.07, 6.45) is 0.765. The molecule has 1 amide bonds. The van der Waals surface area contributed by atoms with Crippen molar-refractivity contribution < 1.29 is 27.3 Å². The topological polar surface area (TPSA) is 155 Å². The highest BCUT2D eigenvalue weighted by Crippen LogP contribution is 2.37. The van der Waals surface area contributed by atoms with Crippen LogP contribution in [-0.2, 0) is 25.6 Å². The van der Waals surface area contributed by atoms with Gasteiger partial charge < -0.3 is 20.4 Å². The van der Waals surface area contributed by atoms with Gasteiger partial charge in [0.25, 0.3) is 11.6 Å². The Hall–Kier alpha value is -4.81. The normalized spacial score (nSPS) is 15.0. The van der Waals surface area contributed by atoms with Gasteiger partial charge in [-0.2, -0.15) is 18.4 Å². The number of thiocyanates is 1. The molecular weight excluding hydrogens is 623 g/mol. The molecule has 4 aromatic rings. The molecule has 0 spiro atoms. The number of halogens is 3. The van der Waals surface area contributed by atoms with Crippen LogP contribution in [0.2, 0.25) is 0 Å². The maximum absolute atomic E-state index is 13.2. The summed E-state index contributed by atoms with van der Waals surface area (Å²) < 4.78 is 44.9. The molecule has 46 heavy (non-hydrogen) atoms. The van der Waals surface area contributed by atoms with Crippen molar-refractivity contribution in [1.82, 2.24) is 9.88 Å². The minimum absolute atomic E-state index is 0.141. The van der Waals surface area contributed by atoms with Crippen molar-refractivity contribution in [3.05, 3.63) is 87.0 Å².